The molecule has 0 aliphatic rings. The van der Waals surface area contributed by atoms with Gasteiger partial charge in [-0.2, -0.15) is 0 Å². The fourth-order valence-electron chi connectivity index (χ4n) is 2.51. The molecule has 0 fully saturated rings. The molecule has 2 rings (SSSR count). The number of unbranched alkanes of at least 4 members (excludes halogenated alkanes) is 1. The zero-order chi connectivity index (χ0) is 21.2. The Morgan fingerprint density at radius 3 is 2.55 bits per heavy atom. The van der Waals surface area contributed by atoms with Gasteiger partial charge in [0, 0.05) is 12.1 Å². The van der Waals surface area contributed by atoms with E-state index in [1.165, 1.54) is 0 Å². The zero-order valence-corrected chi connectivity index (χ0v) is 18.8. The highest BCUT2D eigenvalue weighted by molar-refractivity contribution is 9.10. The second-order valence-corrected chi connectivity index (χ2v) is 7.40. The van der Waals surface area contributed by atoms with Gasteiger partial charge in [-0.1, -0.05) is 25.5 Å². The van der Waals surface area contributed by atoms with Crippen LogP contribution < -0.4 is 20.7 Å². The van der Waals surface area contributed by atoms with Crippen molar-refractivity contribution in [1.82, 2.24) is 10.6 Å². The molecule has 0 saturated heterocycles. The maximum absolute atomic E-state index is 12.5. The van der Waals surface area contributed by atoms with E-state index in [9.17, 15) is 9.59 Å². The lowest BCUT2D eigenvalue weighted by Gasteiger charge is -2.14. The number of nitrogens with one attached hydrogen (secondary N) is 3. The molecule has 29 heavy (non-hydrogen) atoms. The van der Waals surface area contributed by atoms with Crippen molar-refractivity contribution in [2.45, 2.75) is 26.7 Å². The summed E-state index contributed by atoms with van der Waals surface area (Å²) in [5.74, 6) is 0.106. The third-order valence-corrected chi connectivity index (χ3v) is 4.78. The van der Waals surface area contributed by atoms with E-state index in [1.807, 2.05) is 6.92 Å². The number of anilines is 1. The number of hydrogen-bond donors (Lipinski definition) is 3. The first kappa shape index (κ1) is 22.8. The minimum atomic E-state index is -0.365. The third-order valence-electron chi connectivity index (χ3n) is 3.96. The minimum Gasteiger partial charge on any atom is -0.493 e. The van der Waals surface area contributed by atoms with Crippen LogP contribution in [0.2, 0.25) is 0 Å². The highest BCUT2D eigenvalue weighted by atomic mass is 79.9. The second kappa shape index (κ2) is 11.5. The van der Waals surface area contributed by atoms with Gasteiger partial charge >= 0.3 is 0 Å². The smallest absolute Gasteiger partial charge is 0.257 e. The van der Waals surface area contributed by atoms with Crippen molar-refractivity contribution in [1.29, 1.82) is 0 Å². The Bertz CT molecular complexity index is 889. The summed E-state index contributed by atoms with van der Waals surface area (Å²) >= 11 is 8.64. The summed E-state index contributed by atoms with van der Waals surface area (Å²) in [6.45, 7) is 5.09. The summed E-state index contributed by atoms with van der Waals surface area (Å²) in [5, 5.41) is 8.54. The van der Waals surface area contributed by atoms with E-state index in [0.717, 1.165) is 12.8 Å². The number of thiocarbonyl (C=S) groups is 1. The van der Waals surface area contributed by atoms with E-state index in [0.29, 0.717) is 40.2 Å². The van der Waals surface area contributed by atoms with E-state index in [-0.39, 0.29) is 16.9 Å². The molecular weight excluding hydrogens is 454 g/mol. The van der Waals surface area contributed by atoms with Gasteiger partial charge in [0.2, 0.25) is 0 Å². The Morgan fingerprint density at radius 2 is 1.86 bits per heavy atom. The Balaban J connectivity index is 2.03. The molecule has 0 spiro atoms. The molecule has 2 aromatic rings. The van der Waals surface area contributed by atoms with Gasteiger partial charge in [0.25, 0.3) is 11.8 Å². The first-order chi connectivity index (χ1) is 14.0. The highest BCUT2D eigenvalue weighted by Gasteiger charge is 2.14. The average molecular weight is 478 g/mol. The van der Waals surface area contributed by atoms with Crippen molar-refractivity contribution in [3.8, 4) is 5.75 Å². The minimum absolute atomic E-state index is 0.105. The molecule has 0 unspecified atom stereocenters. The molecule has 2 aromatic carbocycles. The molecule has 154 valence electrons. The first-order valence-electron chi connectivity index (χ1n) is 9.38. The predicted molar refractivity (Wildman–Crippen MR) is 123 cm³/mol. The Morgan fingerprint density at radius 1 is 1.10 bits per heavy atom. The predicted octanol–water partition coefficient (Wildman–Crippen LogP) is 4.50. The molecule has 0 atom stereocenters. The van der Waals surface area contributed by atoms with Crippen LogP contribution in [0.15, 0.2) is 46.9 Å². The molecule has 0 aromatic heterocycles. The maximum atomic E-state index is 12.5. The van der Waals surface area contributed by atoms with Crippen LogP contribution in [-0.2, 0) is 0 Å². The van der Waals surface area contributed by atoms with E-state index in [1.54, 1.807) is 42.5 Å². The number of amides is 2. The van der Waals surface area contributed by atoms with Gasteiger partial charge in [-0.15, -0.1) is 0 Å². The lowest BCUT2D eigenvalue weighted by atomic mass is 10.1. The fourth-order valence-corrected chi connectivity index (χ4v) is 3.20. The largest absolute Gasteiger partial charge is 0.493 e. The molecule has 0 radical (unpaired) electrons. The van der Waals surface area contributed by atoms with Gasteiger partial charge in [0.15, 0.2) is 5.11 Å². The fraction of sp³-hybridized carbons (Fsp3) is 0.286. The van der Waals surface area contributed by atoms with E-state index in [2.05, 4.69) is 38.8 Å². The number of para-hydroxylation sites is 1. The van der Waals surface area contributed by atoms with Crippen LogP contribution in [0.5, 0.6) is 5.75 Å². The van der Waals surface area contributed by atoms with Gasteiger partial charge in [-0.3, -0.25) is 14.9 Å². The van der Waals surface area contributed by atoms with Crippen molar-refractivity contribution >= 4 is 50.8 Å². The molecule has 0 aliphatic carbocycles. The summed E-state index contributed by atoms with van der Waals surface area (Å²) in [5.41, 5.74) is 1.42. The van der Waals surface area contributed by atoms with Crippen LogP contribution in [0.1, 0.15) is 47.4 Å². The first-order valence-corrected chi connectivity index (χ1v) is 10.6. The number of benzene rings is 2. The van der Waals surface area contributed by atoms with Gasteiger partial charge < -0.3 is 15.4 Å². The standard InChI is InChI=1S/C21H24BrN3O3S/c1-3-5-12-23-20(27)15-8-6-7-9-17(15)24-21(29)25-19(26)14-10-11-18(28-4-2)16(22)13-14/h6-11,13H,3-5,12H2,1-2H3,(H,23,27)(H2,24,25,26,29). The van der Waals surface area contributed by atoms with Gasteiger partial charge in [0.1, 0.15) is 5.75 Å². The summed E-state index contributed by atoms with van der Waals surface area (Å²) in [6.07, 6.45) is 1.91. The number of halogens is 1. The van der Waals surface area contributed by atoms with Gasteiger partial charge in [-0.25, -0.2) is 0 Å². The van der Waals surface area contributed by atoms with Crippen LogP contribution in [0.3, 0.4) is 0 Å². The molecule has 2 amide bonds. The lowest BCUT2D eigenvalue weighted by Crippen LogP contribution is -2.35. The highest BCUT2D eigenvalue weighted by Crippen LogP contribution is 2.26. The molecule has 0 heterocycles. The zero-order valence-electron chi connectivity index (χ0n) is 16.4. The normalized spacial score (nSPS) is 10.2. The Labute approximate surface area is 184 Å². The monoisotopic (exact) mass is 477 g/mol. The van der Waals surface area contributed by atoms with Gasteiger partial charge in [-0.05, 0) is 71.8 Å². The van der Waals surface area contributed by atoms with Crippen LogP contribution in [0, 0.1) is 0 Å². The van der Waals surface area contributed by atoms with Crippen molar-refractivity contribution < 1.29 is 14.3 Å². The summed E-state index contributed by atoms with van der Waals surface area (Å²) < 4.78 is 6.13. The maximum Gasteiger partial charge on any atom is 0.257 e. The summed E-state index contributed by atoms with van der Waals surface area (Å²) in [7, 11) is 0. The molecular formula is C21H24BrN3O3S. The van der Waals surface area contributed by atoms with Crippen molar-refractivity contribution in [2.24, 2.45) is 0 Å². The second-order valence-electron chi connectivity index (χ2n) is 6.14. The average Bonchev–Trinajstić information content (AvgIpc) is 2.70. The van der Waals surface area contributed by atoms with Crippen LogP contribution in [0.25, 0.3) is 0 Å². The molecule has 0 saturated carbocycles. The molecule has 3 N–H and O–H groups in total. The summed E-state index contributed by atoms with van der Waals surface area (Å²) in [6, 6.07) is 12.0. The summed E-state index contributed by atoms with van der Waals surface area (Å²) in [4.78, 5) is 24.9. The van der Waals surface area contributed by atoms with Crippen molar-refractivity contribution in [3.05, 3.63) is 58.1 Å². The number of carbonyl (C=O) groups excluding carboxylic acids is 2. The van der Waals surface area contributed by atoms with E-state index >= 15 is 0 Å². The van der Waals surface area contributed by atoms with E-state index < -0.39 is 0 Å². The van der Waals surface area contributed by atoms with Crippen molar-refractivity contribution in [2.75, 3.05) is 18.5 Å². The lowest BCUT2D eigenvalue weighted by molar-refractivity contribution is 0.0952. The SMILES string of the molecule is CCCCNC(=O)c1ccccc1NC(=S)NC(=O)c1ccc(OCC)c(Br)c1. The Kier molecular flexibility index (Phi) is 9.08. The van der Waals surface area contributed by atoms with Crippen LogP contribution in [-0.4, -0.2) is 30.1 Å². The Hall–Kier alpha value is -2.45. The van der Waals surface area contributed by atoms with Crippen LogP contribution in [0.4, 0.5) is 5.69 Å². The quantitative estimate of drug-likeness (QED) is 0.385. The number of rotatable bonds is 8. The van der Waals surface area contributed by atoms with E-state index in [4.69, 9.17) is 17.0 Å². The van der Waals surface area contributed by atoms with Crippen molar-refractivity contribution in [3.63, 3.8) is 0 Å². The topological polar surface area (TPSA) is 79.5 Å². The number of carbonyl (C=O) groups is 2. The number of hydrogen-bond acceptors (Lipinski definition) is 4. The third kappa shape index (κ3) is 6.83. The molecule has 6 nitrogen and oxygen atoms in total. The van der Waals surface area contributed by atoms with Gasteiger partial charge in [0.05, 0.1) is 22.3 Å². The molecule has 0 aliphatic heterocycles. The number of ether oxygens (including phenoxy) is 1. The molecule has 0 bridgehead atoms. The van der Waals surface area contributed by atoms with Crippen LogP contribution >= 0.6 is 28.1 Å². The molecule has 8 heteroatoms.